The molecule has 3 rings (SSSR count). The summed E-state index contributed by atoms with van der Waals surface area (Å²) in [5.41, 5.74) is 2.38. The van der Waals surface area contributed by atoms with E-state index in [2.05, 4.69) is 67.3 Å². The fourth-order valence-corrected chi connectivity index (χ4v) is 3.61. The Labute approximate surface area is 169 Å². The van der Waals surface area contributed by atoms with Crippen LogP contribution in [0.3, 0.4) is 0 Å². The lowest BCUT2D eigenvalue weighted by atomic mass is 10.0. The summed E-state index contributed by atoms with van der Waals surface area (Å²) in [6.45, 7) is 4.58. The number of nitrogens with one attached hydrogen (secondary N) is 1. The van der Waals surface area contributed by atoms with Gasteiger partial charge in [-0.05, 0) is 52.8 Å². The van der Waals surface area contributed by atoms with Crippen molar-refractivity contribution in [3.05, 3.63) is 52.4 Å². The van der Waals surface area contributed by atoms with E-state index in [1.807, 2.05) is 14.1 Å². The van der Waals surface area contributed by atoms with Gasteiger partial charge in [0.15, 0.2) is 10.4 Å². The van der Waals surface area contributed by atoms with Gasteiger partial charge in [0.1, 0.15) is 0 Å². The Morgan fingerprint density at radius 3 is 2.37 bits per heavy atom. The molecule has 0 unspecified atom stereocenters. The monoisotopic (exact) mass is 434 g/mol. The second-order valence-electron chi connectivity index (χ2n) is 7.15. The maximum absolute atomic E-state index is 12.4. The summed E-state index contributed by atoms with van der Waals surface area (Å²) < 4.78 is 5.92. The highest BCUT2D eigenvalue weighted by atomic mass is 79.9. The van der Waals surface area contributed by atoms with Crippen LogP contribution in [0.25, 0.3) is 0 Å². The number of nitrogens with zero attached hydrogens (tertiary/aromatic N) is 3. The molecule has 1 N–H and O–H groups in total. The zero-order valence-corrected chi connectivity index (χ0v) is 17.7. The molecular weight excluding hydrogens is 408 g/mol. The van der Waals surface area contributed by atoms with Crippen LogP contribution in [0.2, 0.25) is 0 Å². The Bertz CT molecular complexity index is 752. The van der Waals surface area contributed by atoms with Gasteiger partial charge in [-0.2, -0.15) is 0 Å². The third kappa shape index (κ3) is 5.12. The van der Waals surface area contributed by atoms with Gasteiger partial charge in [-0.3, -0.25) is 9.69 Å². The van der Waals surface area contributed by atoms with Crippen molar-refractivity contribution in [3.63, 3.8) is 0 Å². The van der Waals surface area contributed by atoms with Crippen LogP contribution in [0, 0.1) is 0 Å². The predicted octanol–water partition coefficient (Wildman–Crippen LogP) is 2.83. The first-order chi connectivity index (χ1) is 12.9. The third-order valence-electron chi connectivity index (χ3n) is 5.03. The molecule has 2 heterocycles. The maximum Gasteiger partial charge on any atom is 0.287 e. The first kappa shape index (κ1) is 19.9. The van der Waals surface area contributed by atoms with Crippen molar-refractivity contribution in [1.82, 2.24) is 15.1 Å². The van der Waals surface area contributed by atoms with Crippen LogP contribution in [0.15, 0.2) is 45.5 Å². The summed E-state index contributed by atoms with van der Waals surface area (Å²) in [5, 5.41) is 3.04. The van der Waals surface area contributed by atoms with Gasteiger partial charge in [0.25, 0.3) is 5.91 Å². The van der Waals surface area contributed by atoms with Crippen molar-refractivity contribution in [3.8, 4) is 0 Å². The highest BCUT2D eigenvalue weighted by Crippen LogP contribution is 2.24. The molecule has 1 aromatic carbocycles. The quantitative estimate of drug-likeness (QED) is 0.757. The van der Waals surface area contributed by atoms with E-state index < -0.39 is 0 Å². The van der Waals surface area contributed by atoms with Crippen molar-refractivity contribution in [2.45, 2.75) is 6.04 Å². The SMILES string of the molecule is CN1CCN([C@@H](CNC(=O)c2ccc(Br)o2)c2ccc(N(C)C)cc2)CC1. The molecule has 6 nitrogen and oxygen atoms in total. The summed E-state index contributed by atoms with van der Waals surface area (Å²) in [4.78, 5) is 19.3. The average Bonchev–Trinajstić information content (AvgIpc) is 3.10. The first-order valence-corrected chi connectivity index (χ1v) is 9.97. The molecule has 27 heavy (non-hydrogen) atoms. The smallest absolute Gasteiger partial charge is 0.287 e. The number of furan rings is 1. The summed E-state index contributed by atoms with van der Waals surface area (Å²) in [6, 6.07) is 12.1. The average molecular weight is 435 g/mol. The minimum absolute atomic E-state index is 0.136. The van der Waals surface area contributed by atoms with E-state index >= 15 is 0 Å². The molecule has 0 spiro atoms. The number of hydrogen-bond acceptors (Lipinski definition) is 5. The number of rotatable bonds is 6. The summed E-state index contributed by atoms with van der Waals surface area (Å²) >= 11 is 3.24. The number of carbonyl (C=O) groups is 1. The largest absolute Gasteiger partial charge is 0.444 e. The van der Waals surface area contributed by atoms with Gasteiger partial charge in [-0.1, -0.05) is 12.1 Å². The van der Waals surface area contributed by atoms with Gasteiger partial charge in [0, 0.05) is 52.5 Å². The number of anilines is 1. The Morgan fingerprint density at radius 2 is 1.81 bits per heavy atom. The Balaban J connectivity index is 1.74. The van der Waals surface area contributed by atoms with Gasteiger partial charge in [0.05, 0.1) is 6.04 Å². The second-order valence-corrected chi connectivity index (χ2v) is 7.94. The zero-order valence-electron chi connectivity index (χ0n) is 16.1. The standard InChI is InChI=1S/C20H27BrN4O2/c1-23(2)16-6-4-15(5-7-16)17(25-12-10-24(3)11-13-25)14-22-20(26)18-8-9-19(21)27-18/h4-9,17H,10-14H2,1-3H3,(H,22,26)/t17-/m0/s1. The predicted molar refractivity (Wildman–Crippen MR) is 111 cm³/mol. The van der Waals surface area contributed by atoms with Crippen LogP contribution in [0.5, 0.6) is 0 Å². The van der Waals surface area contributed by atoms with Gasteiger partial charge in [0.2, 0.25) is 0 Å². The zero-order chi connectivity index (χ0) is 19.4. The molecule has 146 valence electrons. The first-order valence-electron chi connectivity index (χ1n) is 9.17. The van der Waals surface area contributed by atoms with Crippen molar-refractivity contribution in [1.29, 1.82) is 0 Å². The molecule has 1 aromatic heterocycles. The number of halogens is 1. The fraction of sp³-hybridized carbons (Fsp3) is 0.450. The molecule has 0 bridgehead atoms. The van der Waals surface area contributed by atoms with Crippen LogP contribution in [0.1, 0.15) is 22.2 Å². The Morgan fingerprint density at radius 1 is 1.15 bits per heavy atom. The van der Waals surface area contributed by atoms with E-state index in [1.54, 1.807) is 12.1 Å². The molecule has 0 radical (unpaired) electrons. The van der Waals surface area contributed by atoms with Crippen molar-refractivity contribution < 1.29 is 9.21 Å². The molecule has 0 aliphatic carbocycles. The lowest BCUT2D eigenvalue weighted by molar-refractivity contribution is 0.0862. The number of likely N-dealkylation sites (N-methyl/N-ethyl adjacent to an activating group) is 1. The lowest BCUT2D eigenvalue weighted by Crippen LogP contribution is -2.48. The normalized spacial score (nSPS) is 16.9. The van der Waals surface area contributed by atoms with E-state index in [1.165, 1.54) is 11.3 Å². The highest BCUT2D eigenvalue weighted by molar-refractivity contribution is 9.10. The van der Waals surface area contributed by atoms with Gasteiger partial charge in [-0.15, -0.1) is 0 Å². The molecule has 1 atom stereocenters. The van der Waals surface area contributed by atoms with E-state index in [9.17, 15) is 4.79 Å². The number of hydrogen-bond donors (Lipinski definition) is 1. The molecule has 0 saturated carbocycles. The number of piperazine rings is 1. The van der Waals surface area contributed by atoms with Crippen molar-refractivity contribution >= 4 is 27.5 Å². The molecule has 1 aliphatic rings. The molecule has 1 saturated heterocycles. The van der Waals surface area contributed by atoms with Crippen LogP contribution in [-0.4, -0.2) is 69.6 Å². The highest BCUT2D eigenvalue weighted by Gasteiger charge is 2.25. The van der Waals surface area contributed by atoms with E-state index in [0.717, 1.165) is 26.2 Å². The minimum atomic E-state index is -0.190. The number of benzene rings is 1. The molecule has 7 heteroatoms. The van der Waals surface area contributed by atoms with E-state index in [-0.39, 0.29) is 11.9 Å². The van der Waals surface area contributed by atoms with Crippen LogP contribution >= 0.6 is 15.9 Å². The van der Waals surface area contributed by atoms with Crippen LogP contribution in [0.4, 0.5) is 5.69 Å². The summed E-state index contributed by atoms with van der Waals surface area (Å²) in [6.07, 6.45) is 0. The number of carbonyl (C=O) groups excluding carboxylic acids is 1. The van der Waals surface area contributed by atoms with Crippen molar-refractivity contribution in [2.75, 3.05) is 58.8 Å². The molecule has 1 fully saturated rings. The summed E-state index contributed by atoms with van der Waals surface area (Å²) in [5.74, 6) is 0.131. The topological polar surface area (TPSA) is 52.0 Å². The van der Waals surface area contributed by atoms with E-state index in [4.69, 9.17) is 4.42 Å². The van der Waals surface area contributed by atoms with Crippen LogP contribution < -0.4 is 10.2 Å². The third-order valence-corrected chi connectivity index (χ3v) is 5.45. The minimum Gasteiger partial charge on any atom is -0.444 e. The van der Waals surface area contributed by atoms with E-state index in [0.29, 0.717) is 17.0 Å². The van der Waals surface area contributed by atoms with Gasteiger partial charge >= 0.3 is 0 Å². The molecule has 1 amide bonds. The van der Waals surface area contributed by atoms with Gasteiger partial charge < -0.3 is 19.5 Å². The Hall–Kier alpha value is -1.83. The van der Waals surface area contributed by atoms with Gasteiger partial charge in [-0.25, -0.2) is 0 Å². The van der Waals surface area contributed by atoms with Crippen molar-refractivity contribution in [2.24, 2.45) is 0 Å². The fourth-order valence-electron chi connectivity index (χ4n) is 3.30. The summed E-state index contributed by atoms with van der Waals surface area (Å²) in [7, 11) is 6.22. The molecular formula is C20H27BrN4O2. The number of amides is 1. The maximum atomic E-state index is 12.4. The van der Waals surface area contributed by atoms with Crippen LogP contribution in [-0.2, 0) is 0 Å². The Kier molecular flexibility index (Phi) is 6.57. The molecule has 2 aromatic rings. The second kappa shape index (κ2) is 8.91. The molecule has 1 aliphatic heterocycles. The lowest BCUT2D eigenvalue weighted by Gasteiger charge is -2.38.